The van der Waals surface area contributed by atoms with Crippen LogP contribution in [0.25, 0.3) is 0 Å². The van der Waals surface area contributed by atoms with Gasteiger partial charge in [0.2, 0.25) is 11.8 Å². The van der Waals surface area contributed by atoms with E-state index in [1.807, 2.05) is 6.92 Å². The zero-order valence-corrected chi connectivity index (χ0v) is 21.2. The van der Waals surface area contributed by atoms with Crippen LogP contribution in [0.15, 0.2) is 17.1 Å². The lowest BCUT2D eigenvalue weighted by Crippen LogP contribution is -2.44. The van der Waals surface area contributed by atoms with Crippen molar-refractivity contribution in [3.05, 3.63) is 12.2 Å². The Labute approximate surface area is 196 Å². The molecule has 1 aliphatic heterocycles. The van der Waals surface area contributed by atoms with Crippen molar-refractivity contribution in [1.29, 1.82) is 0 Å². The lowest BCUT2D eigenvalue weighted by atomic mass is 9.85. The standard InChI is InChI=1S/C20H32N4O4S.HI/c1-5-21-19(23-9-11-29(27,28)20(2,3)4)22-8-10-24-17(25)15-13-6-7-14(12-13)16(15)18(24)26;/h6-7,13-16H,5,8-12H2,1-4H3,(H2,21,22,23);1H. The molecule has 0 aromatic heterocycles. The molecule has 2 amide bonds. The predicted molar refractivity (Wildman–Crippen MR) is 127 cm³/mol. The number of nitrogens with one attached hydrogen (secondary N) is 2. The van der Waals surface area contributed by atoms with Gasteiger partial charge in [-0.15, -0.1) is 24.0 Å². The van der Waals surface area contributed by atoms with Crippen LogP contribution in [0, 0.1) is 23.7 Å². The zero-order valence-electron chi connectivity index (χ0n) is 18.1. The summed E-state index contributed by atoms with van der Waals surface area (Å²) in [6.07, 6.45) is 5.09. The minimum atomic E-state index is -3.24. The minimum Gasteiger partial charge on any atom is -0.357 e. The van der Waals surface area contributed by atoms with Crippen molar-refractivity contribution < 1.29 is 18.0 Å². The maximum absolute atomic E-state index is 12.7. The number of guanidine groups is 1. The molecule has 0 spiro atoms. The molecule has 30 heavy (non-hydrogen) atoms. The average molecular weight is 552 g/mol. The van der Waals surface area contributed by atoms with Crippen molar-refractivity contribution in [3.63, 3.8) is 0 Å². The van der Waals surface area contributed by atoms with Gasteiger partial charge in [-0.05, 0) is 46.0 Å². The number of allylic oxidation sites excluding steroid dienone is 2. The van der Waals surface area contributed by atoms with Gasteiger partial charge in [0, 0.05) is 19.6 Å². The van der Waals surface area contributed by atoms with E-state index < -0.39 is 14.6 Å². The fourth-order valence-electron chi connectivity index (χ4n) is 4.40. The van der Waals surface area contributed by atoms with Crippen LogP contribution in [0.3, 0.4) is 0 Å². The number of imide groups is 1. The van der Waals surface area contributed by atoms with Crippen LogP contribution in [0.5, 0.6) is 0 Å². The fraction of sp³-hybridized carbons (Fsp3) is 0.750. The maximum atomic E-state index is 12.7. The maximum Gasteiger partial charge on any atom is 0.233 e. The molecule has 2 fully saturated rings. The number of hydrogen-bond donors (Lipinski definition) is 2. The largest absolute Gasteiger partial charge is 0.357 e. The first-order valence-electron chi connectivity index (χ1n) is 10.3. The SMILES string of the molecule is CCNC(=NCCS(=O)(=O)C(C)(C)C)NCCN1C(=O)C2C3C=CC(C3)C2C1=O.I. The number of hydrogen-bond acceptors (Lipinski definition) is 5. The van der Waals surface area contributed by atoms with Crippen molar-refractivity contribution in [3.8, 4) is 0 Å². The first-order valence-corrected chi connectivity index (χ1v) is 12.0. The summed E-state index contributed by atoms with van der Waals surface area (Å²) in [6.45, 7) is 8.38. The van der Waals surface area contributed by atoms with Crippen molar-refractivity contribution in [1.82, 2.24) is 15.5 Å². The van der Waals surface area contributed by atoms with Crippen LogP contribution in [0.1, 0.15) is 34.1 Å². The van der Waals surface area contributed by atoms with Crippen LogP contribution in [0.2, 0.25) is 0 Å². The number of fused-ring (bicyclic) bond motifs is 5. The van der Waals surface area contributed by atoms with Crippen molar-refractivity contribution in [2.45, 2.75) is 38.9 Å². The van der Waals surface area contributed by atoms with Gasteiger partial charge in [-0.25, -0.2) is 8.42 Å². The molecule has 8 nitrogen and oxygen atoms in total. The summed E-state index contributed by atoms with van der Waals surface area (Å²) in [5.41, 5.74) is 0. The minimum absolute atomic E-state index is 0. The van der Waals surface area contributed by atoms with Crippen molar-refractivity contribution in [2.75, 3.05) is 31.9 Å². The number of rotatable bonds is 7. The summed E-state index contributed by atoms with van der Waals surface area (Å²) >= 11 is 0. The third kappa shape index (κ3) is 4.84. The van der Waals surface area contributed by atoms with Gasteiger partial charge < -0.3 is 10.6 Å². The molecular formula is C20H33IN4O4S. The van der Waals surface area contributed by atoms with E-state index >= 15 is 0 Å². The molecular weight excluding hydrogens is 519 g/mol. The Morgan fingerprint density at radius 3 is 2.20 bits per heavy atom. The van der Waals surface area contributed by atoms with E-state index in [4.69, 9.17) is 0 Å². The Morgan fingerprint density at radius 1 is 1.13 bits per heavy atom. The highest BCUT2D eigenvalue weighted by molar-refractivity contribution is 14.0. The van der Waals surface area contributed by atoms with Crippen molar-refractivity contribution >= 4 is 51.6 Å². The lowest BCUT2D eigenvalue weighted by Gasteiger charge is -2.19. The summed E-state index contributed by atoms with van der Waals surface area (Å²) in [6, 6.07) is 0. The Hall–Kier alpha value is -1.17. The van der Waals surface area contributed by atoms with Gasteiger partial charge in [0.15, 0.2) is 15.8 Å². The van der Waals surface area contributed by atoms with Gasteiger partial charge in [0.1, 0.15) is 0 Å². The molecule has 1 heterocycles. The molecule has 2 aliphatic carbocycles. The Morgan fingerprint density at radius 2 is 1.70 bits per heavy atom. The molecule has 3 aliphatic rings. The fourth-order valence-corrected chi connectivity index (χ4v) is 5.34. The summed E-state index contributed by atoms with van der Waals surface area (Å²) in [5, 5.41) is 6.16. The van der Waals surface area contributed by atoms with E-state index in [-0.39, 0.29) is 78.3 Å². The Balaban J connectivity index is 0.00000320. The number of carbonyl (C=O) groups excluding carboxylic acids is 2. The number of nitrogens with zero attached hydrogens (tertiary/aromatic N) is 2. The lowest BCUT2D eigenvalue weighted by molar-refractivity contribution is -0.140. The quantitative estimate of drug-likeness (QED) is 0.162. The van der Waals surface area contributed by atoms with Crippen LogP contribution in [-0.2, 0) is 19.4 Å². The van der Waals surface area contributed by atoms with Gasteiger partial charge in [0.05, 0.1) is 28.9 Å². The summed E-state index contributed by atoms with van der Waals surface area (Å²) < 4.78 is 23.6. The summed E-state index contributed by atoms with van der Waals surface area (Å²) in [7, 11) is -3.24. The third-order valence-corrected chi connectivity index (χ3v) is 8.68. The molecule has 4 unspecified atom stereocenters. The highest BCUT2D eigenvalue weighted by Gasteiger charge is 2.58. The zero-order chi connectivity index (χ0) is 21.4. The molecule has 1 saturated carbocycles. The molecule has 4 atom stereocenters. The van der Waals surface area contributed by atoms with Crippen LogP contribution in [0.4, 0.5) is 0 Å². The average Bonchev–Trinajstić information content (AvgIpc) is 3.30. The van der Waals surface area contributed by atoms with Gasteiger partial charge in [-0.1, -0.05) is 12.2 Å². The van der Waals surface area contributed by atoms with E-state index in [0.29, 0.717) is 19.0 Å². The van der Waals surface area contributed by atoms with Gasteiger partial charge in [-0.3, -0.25) is 19.5 Å². The summed E-state index contributed by atoms with van der Waals surface area (Å²) in [4.78, 5) is 31.1. The third-order valence-electron chi connectivity index (χ3n) is 6.10. The van der Waals surface area contributed by atoms with E-state index in [0.717, 1.165) is 6.42 Å². The molecule has 170 valence electrons. The number of amides is 2. The highest BCUT2D eigenvalue weighted by atomic mass is 127. The van der Waals surface area contributed by atoms with E-state index in [2.05, 4.69) is 27.8 Å². The molecule has 10 heteroatoms. The van der Waals surface area contributed by atoms with Crippen LogP contribution in [-0.4, -0.2) is 67.8 Å². The first-order chi connectivity index (χ1) is 13.6. The van der Waals surface area contributed by atoms with E-state index in [1.54, 1.807) is 20.8 Å². The Kier molecular flexibility index (Phi) is 7.98. The second kappa shape index (κ2) is 9.54. The molecule has 2 bridgehead atoms. The summed E-state index contributed by atoms with van der Waals surface area (Å²) in [5.74, 6) is 0.399. The number of halogens is 1. The monoisotopic (exact) mass is 552 g/mol. The first kappa shape index (κ1) is 25.1. The normalized spacial score (nSPS) is 28.0. The van der Waals surface area contributed by atoms with E-state index in [9.17, 15) is 18.0 Å². The topological polar surface area (TPSA) is 108 Å². The number of aliphatic imine (C=N–C) groups is 1. The van der Waals surface area contributed by atoms with Gasteiger partial charge in [-0.2, -0.15) is 0 Å². The second-order valence-corrected chi connectivity index (χ2v) is 11.8. The molecule has 3 rings (SSSR count). The van der Waals surface area contributed by atoms with Crippen LogP contribution >= 0.6 is 24.0 Å². The smallest absolute Gasteiger partial charge is 0.233 e. The molecule has 0 aromatic carbocycles. The molecule has 0 aromatic rings. The number of carbonyl (C=O) groups is 2. The highest BCUT2D eigenvalue weighted by Crippen LogP contribution is 2.52. The van der Waals surface area contributed by atoms with Crippen molar-refractivity contribution in [2.24, 2.45) is 28.7 Å². The predicted octanol–water partition coefficient (Wildman–Crippen LogP) is 1.18. The Bertz CT molecular complexity index is 804. The van der Waals surface area contributed by atoms with Gasteiger partial charge in [0.25, 0.3) is 0 Å². The molecule has 1 saturated heterocycles. The van der Waals surface area contributed by atoms with Gasteiger partial charge >= 0.3 is 0 Å². The number of sulfone groups is 1. The van der Waals surface area contributed by atoms with E-state index in [1.165, 1.54) is 4.90 Å². The van der Waals surface area contributed by atoms with Crippen LogP contribution < -0.4 is 10.6 Å². The molecule has 2 N–H and O–H groups in total. The number of likely N-dealkylation sites (tertiary alicyclic amines) is 1. The molecule has 0 radical (unpaired) electrons. The second-order valence-electron chi connectivity index (χ2n) is 8.95.